The van der Waals surface area contributed by atoms with Crippen LogP contribution < -0.4 is 0 Å². The largest absolute Gasteiger partial charge is 0.309 e. The lowest BCUT2D eigenvalue weighted by molar-refractivity contribution is 0.103. The van der Waals surface area contributed by atoms with Gasteiger partial charge in [0.1, 0.15) is 0 Å². The van der Waals surface area contributed by atoms with E-state index in [0.717, 1.165) is 49.7 Å². The molecule has 1 aliphatic heterocycles. The van der Waals surface area contributed by atoms with Crippen LogP contribution in [0.25, 0.3) is 27.5 Å². The molecule has 0 atom stereocenters. The molecule has 0 unspecified atom stereocenters. The fourth-order valence-electron chi connectivity index (χ4n) is 7.76. The second-order valence-electron chi connectivity index (χ2n) is 12.4. The normalized spacial score (nSPS) is 12.9. The number of carbonyl (C=O) groups excluding carboxylic acids is 2. The first-order valence-corrected chi connectivity index (χ1v) is 16.2. The van der Waals surface area contributed by atoms with Crippen molar-refractivity contribution in [2.75, 3.05) is 0 Å². The summed E-state index contributed by atoms with van der Waals surface area (Å²) in [6.07, 6.45) is 0. The van der Waals surface area contributed by atoms with Gasteiger partial charge in [-0.15, -0.1) is 0 Å². The average Bonchev–Trinajstić information content (AvgIpc) is 3.50. The van der Waals surface area contributed by atoms with Gasteiger partial charge in [-0.25, -0.2) is 0 Å². The number of fused-ring (bicyclic) bond motifs is 5. The lowest BCUT2D eigenvalue weighted by Gasteiger charge is -2.42. The van der Waals surface area contributed by atoms with Crippen LogP contribution in [0.2, 0.25) is 0 Å². The minimum absolute atomic E-state index is 0.0340. The monoisotopic (exact) mass is 615 g/mol. The van der Waals surface area contributed by atoms with E-state index < -0.39 is 5.41 Å². The van der Waals surface area contributed by atoms with Crippen LogP contribution in [0.4, 0.5) is 0 Å². The number of hydrogen-bond acceptors (Lipinski definition) is 2. The van der Waals surface area contributed by atoms with Crippen LogP contribution in [0, 0.1) is 0 Å². The number of aromatic nitrogens is 1. The molecule has 3 nitrogen and oxygen atoms in total. The van der Waals surface area contributed by atoms with Crippen molar-refractivity contribution in [2.45, 2.75) is 5.41 Å². The van der Waals surface area contributed by atoms with Gasteiger partial charge >= 0.3 is 0 Å². The molecule has 0 amide bonds. The molecule has 0 spiro atoms. The third-order valence-electron chi connectivity index (χ3n) is 9.82. The molecule has 2 heterocycles. The van der Waals surface area contributed by atoms with Crippen molar-refractivity contribution < 1.29 is 9.59 Å². The van der Waals surface area contributed by atoms with Gasteiger partial charge in [0.15, 0.2) is 11.6 Å². The molecular formula is C45H29NO2. The van der Waals surface area contributed by atoms with E-state index >= 15 is 0 Å². The van der Waals surface area contributed by atoms with Crippen LogP contribution in [0.3, 0.4) is 0 Å². The van der Waals surface area contributed by atoms with Crippen LogP contribution >= 0.6 is 0 Å². The standard InChI is InChI=1S/C45H29NO2/c47-43(30-15-5-1-6-16-30)32-25-26-40-36(27-32)37-28-33(44(48)31-17-7-2-8-18-31)29-39-42(37)46(40)41-24-14-13-23-38(41)45(39,34-19-9-3-10-20-34)35-21-11-4-12-22-35/h1-29H. The zero-order valence-electron chi connectivity index (χ0n) is 26.0. The van der Waals surface area contributed by atoms with Gasteiger partial charge in [-0.05, 0) is 58.7 Å². The van der Waals surface area contributed by atoms with Crippen LogP contribution in [0.1, 0.15) is 54.1 Å². The molecular weight excluding hydrogens is 587 g/mol. The quantitative estimate of drug-likeness (QED) is 0.175. The highest BCUT2D eigenvalue weighted by Gasteiger charge is 2.45. The van der Waals surface area contributed by atoms with Gasteiger partial charge in [-0.2, -0.15) is 0 Å². The third-order valence-corrected chi connectivity index (χ3v) is 9.82. The Morgan fingerprint density at radius 1 is 0.417 bits per heavy atom. The molecule has 0 bridgehead atoms. The molecule has 8 aromatic rings. The highest BCUT2D eigenvalue weighted by Crippen LogP contribution is 2.54. The first-order valence-electron chi connectivity index (χ1n) is 16.2. The molecule has 0 saturated carbocycles. The zero-order valence-corrected chi connectivity index (χ0v) is 26.0. The maximum atomic E-state index is 14.3. The van der Waals surface area contributed by atoms with Gasteiger partial charge in [0, 0.05) is 33.0 Å². The van der Waals surface area contributed by atoms with Gasteiger partial charge in [0.2, 0.25) is 0 Å². The van der Waals surface area contributed by atoms with Crippen molar-refractivity contribution in [3.05, 3.63) is 220 Å². The summed E-state index contributed by atoms with van der Waals surface area (Å²) < 4.78 is 2.33. The summed E-state index contributed by atoms with van der Waals surface area (Å²) in [5.74, 6) is -0.0756. The summed E-state index contributed by atoms with van der Waals surface area (Å²) in [5, 5.41) is 1.87. The summed E-state index contributed by atoms with van der Waals surface area (Å²) in [7, 11) is 0. The second-order valence-corrected chi connectivity index (χ2v) is 12.4. The summed E-state index contributed by atoms with van der Waals surface area (Å²) in [5.41, 5.74) is 9.25. The number of carbonyl (C=O) groups is 2. The zero-order chi connectivity index (χ0) is 32.2. The number of rotatable bonds is 6. The SMILES string of the molecule is O=C(c1ccccc1)c1ccc2c(c1)c1cc(C(=O)c3ccccc3)cc3c1n2-c1ccccc1C3(c1ccccc1)c1ccccc1. The van der Waals surface area contributed by atoms with E-state index in [1.54, 1.807) is 0 Å². The maximum Gasteiger partial charge on any atom is 0.193 e. The lowest BCUT2D eigenvalue weighted by atomic mass is 9.63. The Labute approximate surface area is 278 Å². The van der Waals surface area contributed by atoms with Crippen molar-refractivity contribution >= 4 is 33.4 Å². The minimum atomic E-state index is -0.725. The minimum Gasteiger partial charge on any atom is -0.309 e. The Kier molecular flexibility index (Phi) is 6.34. The first-order chi connectivity index (χ1) is 23.7. The highest BCUT2D eigenvalue weighted by molar-refractivity contribution is 6.19. The Balaban J connectivity index is 1.46. The molecule has 1 aromatic heterocycles. The molecule has 226 valence electrons. The predicted octanol–water partition coefficient (Wildman–Crippen LogP) is 9.94. The Morgan fingerprint density at radius 3 is 1.52 bits per heavy atom. The molecule has 0 aliphatic carbocycles. The number of hydrogen-bond donors (Lipinski definition) is 0. The van der Waals surface area contributed by atoms with E-state index in [0.29, 0.717) is 22.3 Å². The summed E-state index contributed by atoms with van der Waals surface area (Å²) in [4.78, 5) is 28.1. The molecule has 3 heteroatoms. The van der Waals surface area contributed by atoms with E-state index in [4.69, 9.17) is 0 Å². The fraction of sp³-hybridized carbons (Fsp3) is 0.0222. The van der Waals surface area contributed by atoms with Crippen molar-refractivity contribution in [1.29, 1.82) is 0 Å². The van der Waals surface area contributed by atoms with Gasteiger partial charge in [-0.3, -0.25) is 9.59 Å². The van der Waals surface area contributed by atoms with Crippen molar-refractivity contribution in [3.8, 4) is 5.69 Å². The van der Waals surface area contributed by atoms with Gasteiger partial charge in [0.05, 0.1) is 22.1 Å². The van der Waals surface area contributed by atoms with Crippen LogP contribution in [-0.2, 0) is 5.41 Å². The van der Waals surface area contributed by atoms with Gasteiger partial charge in [-0.1, -0.05) is 140 Å². The Morgan fingerprint density at radius 2 is 0.917 bits per heavy atom. The van der Waals surface area contributed by atoms with Crippen molar-refractivity contribution in [2.24, 2.45) is 0 Å². The lowest BCUT2D eigenvalue weighted by Crippen LogP contribution is -2.35. The van der Waals surface area contributed by atoms with Crippen LogP contribution in [0.5, 0.6) is 0 Å². The molecule has 1 aliphatic rings. The third kappa shape index (κ3) is 4.01. The molecule has 0 saturated heterocycles. The summed E-state index contributed by atoms with van der Waals surface area (Å²) in [6, 6.07) is 58.8. The van der Waals surface area contributed by atoms with Crippen LogP contribution in [0.15, 0.2) is 176 Å². The number of ketones is 2. The van der Waals surface area contributed by atoms with E-state index in [1.165, 1.54) is 0 Å². The topological polar surface area (TPSA) is 39.1 Å². The Bertz CT molecular complexity index is 2470. The second kappa shape index (κ2) is 10.9. The highest BCUT2D eigenvalue weighted by atomic mass is 16.1. The number of nitrogens with zero attached hydrogens (tertiary/aromatic N) is 1. The molecule has 48 heavy (non-hydrogen) atoms. The first kappa shape index (κ1) is 27.9. The number of para-hydroxylation sites is 1. The number of benzene rings is 7. The molecule has 0 radical (unpaired) electrons. The van der Waals surface area contributed by atoms with Gasteiger partial charge < -0.3 is 4.57 Å². The maximum absolute atomic E-state index is 14.3. The van der Waals surface area contributed by atoms with E-state index in [1.807, 2.05) is 91.0 Å². The van der Waals surface area contributed by atoms with Gasteiger partial charge in [0.25, 0.3) is 0 Å². The smallest absolute Gasteiger partial charge is 0.193 e. The van der Waals surface area contributed by atoms with Crippen molar-refractivity contribution in [1.82, 2.24) is 4.57 Å². The molecule has 7 aromatic carbocycles. The molecule has 0 fully saturated rings. The van der Waals surface area contributed by atoms with E-state index in [2.05, 4.69) is 89.5 Å². The predicted molar refractivity (Wildman–Crippen MR) is 192 cm³/mol. The van der Waals surface area contributed by atoms with Crippen LogP contribution in [-0.4, -0.2) is 16.1 Å². The molecule has 9 rings (SSSR count). The summed E-state index contributed by atoms with van der Waals surface area (Å²) >= 11 is 0. The Hall–Kier alpha value is -6.32. The van der Waals surface area contributed by atoms with Crippen molar-refractivity contribution in [3.63, 3.8) is 0 Å². The van der Waals surface area contributed by atoms with E-state index in [-0.39, 0.29) is 11.6 Å². The fourth-order valence-corrected chi connectivity index (χ4v) is 7.76. The summed E-state index contributed by atoms with van der Waals surface area (Å²) in [6.45, 7) is 0. The van der Waals surface area contributed by atoms with E-state index in [9.17, 15) is 9.59 Å². The average molecular weight is 616 g/mol. The molecule has 0 N–H and O–H groups in total.